The lowest BCUT2D eigenvalue weighted by Crippen LogP contribution is -2.38. The van der Waals surface area contributed by atoms with Gasteiger partial charge in [-0.2, -0.15) is 0 Å². The van der Waals surface area contributed by atoms with Crippen LogP contribution >= 0.6 is 0 Å². The highest BCUT2D eigenvalue weighted by Gasteiger charge is 2.44. The Bertz CT molecular complexity index is 1170. The number of pyridine rings is 1. The molecule has 0 aliphatic carbocycles. The summed E-state index contributed by atoms with van der Waals surface area (Å²) in [5.74, 6) is -1.62. The van der Waals surface area contributed by atoms with Gasteiger partial charge in [0.25, 0.3) is 17.7 Å². The molecule has 12 heteroatoms. The molecule has 1 aliphatic heterocycles. The summed E-state index contributed by atoms with van der Waals surface area (Å²) in [7, 11) is -2.24. The summed E-state index contributed by atoms with van der Waals surface area (Å²) in [4.78, 5) is 31.8. The highest BCUT2D eigenvalue weighted by Crippen LogP contribution is 2.37. The first-order valence-electron chi connectivity index (χ1n) is 10.0. The molecule has 1 aliphatic rings. The largest absolute Gasteiger partial charge is 0.491 e. The van der Waals surface area contributed by atoms with Gasteiger partial charge < -0.3 is 25.0 Å². The zero-order chi connectivity index (χ0) is 24.3. The summed E-state index contributed by atoms with van der Waals surface area (Å²) in [5.41, 5.74) is 0.258. The number of anilines is 1. The lowest BCUT2D eigenvalue weighted by molar-refractivity contribution is 0.0594. The van der Waals surface area contributed by atoms with Crippen molar-refractivity contribution in [2.45, 2.75) is 19.2 Å². The maximum atomic E-state index is 13.4. The first-order chi connectivity index (χ1) is 15.6. The van der Waals surface area contributed by atoms with E-state index in [2.05, 4.69) is 10.3 Å². The van der Waals surface area contributed by atoms with Crippen molar-refractivity contribution in [1.29, 1.82) is 0 Å². The van der Waals surface area contributed by atoms with Crippen molar-refractivity contribution in [2.24, 2.45) is 0 Å². The van der Waals surface area contributed by atoms with E-state index in [0.29, 0.717) is 5.75 Å². The van der Waals surface area contributed by atoms with Gasteiger partial charge in [0.05, 0.1) is 48.9 Å². The van der Waals surface area contributed by atoms with Crippen molar-refractivity contribution in [3.05, 3.63) is 47.2 Å². The van der Waals surface area contributed by atoms with E-state index >= 15 is 0 Å². The quantitative estimate of drug-likeness (QED) is 0.326. The lowest BCUT2D eigenvalue weighted by Gasteiger charge is -2.26. The molecule has 2 amide bonds. The number of nitrogens with zero attached hydrogens (tertiary/aromatic N) is 2. The molecule has 0 saturated carbocycles. The minimum absolute atomic E-state index is 0.0344. The summed E-state index contributed by atoms with van der Waals surface area (Å²) in [6.07, 6.45) is -0.368. The molecule has 3 rings (SSSR count). The topological polar surface area (TPSA) is 155 Å². The van der Waals surface area contributed by atoms with Crippen LogP contribution in [0.15, 0.2) is 30.3 Å². The Labute approximate surface area is 190 Å². The fourth-order valence-corrected chi connectivity index (χ4v) is 4.43. The summed E-state index contributed by atoms with van der Waals surface area (Å²) < 4.78 is 35.2. The molecule has 1 unspecified atom stereocenters. The number of rotatable bonds is 10. The number of methoxy groups -OCH3 is 1. The number of hydrogen-bond acceptors (Lipinski definition) is 10. The third kappa shape index (κ3) is 5.07. The van der Waals surface area contributed by atoms with E-state index in [1.807, 2.05) is 0 Å². The van der Waals surface area contributed by atoms with Gasteiger partial charge in [-0.1, -0.05) is 6.07 Å². The van der Waals surface area contributed by atoms with Gasteiger partial charge in [-0.3, -0.25) is 14.5 Å². The first-order valence-corrected chi connectivity index (χ1v) is 12.1. The Morgan fingerprint density at radius 1 is 1.18 bits per heavy atom. The molecule has 0 saturated heterocycles. The van der Waals surface area contributed by atoms with E-state index < -0.39 is 46.3 Å². The van der Waals surface area contributed by atoms with E-state index in [0.717, 1.165) is 11.2 Å². The summed E-state index contributed by atoms with van der Waals surface area (Å²) in [6, 6.07) is 6.14. The van der Waals surface area contributed by atoms with Gasteiger partial charge in [-0.25, -0.2) is 13.4 Å². The Morgan fingerprint density at radius 3 is 2.52 bits per heavy atom. The molecular formula is C21H25N3O8S. The van der Waals surface area contributed by atoms with Crippen LogP contribution in [-0.4, -0.2) is 78.9 Å². The molecule has 33 heavy (non-hydrogen) atoms. The van der Waals surface area contributed by atoms with E-state index in [1.54, 1.807) is 6.92 Å². The molecule has 2 aromatic rings. The first kappa shape index (κ1) is 24.4. The molecule has 2 heterocycles. The van der Waals surface area contributed by atoms with Crippen LogP contribution in [0.3, 0.4) is 0 Å². The monoisotopic (exact) mass is 479 g/mol. The Balaban J connectivity index is 2.11. The molecule has 2 atom stereocenters. The normalized spacial score (nSPS) is 15.2. The van der Waals surface area contributed by atoms with Crippen LogP contribution in [0.2, 0.25) is 0 Å². The number of aliphatic hydroxyl groups excluding tert-OH is 2. The molecular weight excluding hydrogens is 454 g/mol. The van der Waals surface area contributed by atoms with Crippen molar-refractivity contribution in [3.63, 3.8) is 0 Å². The van der Waals surface area contributed by atoms with E-state index in [9.17, 15) is 23.1 Å². The van der Waals surface area contributed by atoms with Crippen LogP contribution in [0.25, 0.3) is 0 Å². The number of sulfone groups is 1. The number of imide groups is 1. The number of fused-ring (bicyclic) bond motifs is 1. The second-order valence-electron chi connectivity index (χ2n) is 7.34. The van der Waals surface area contributed by atoms with Crippen LogP contribution in [0.1, 0.15) is 39.4 Å². The smallest absolute Gasteiger partial charge is 0.264 e. The second kappa shape index (κ2) is 9.73. The fourth-order valence-electron chi connectivity index (χ4n) is 3.53. The maximum Gasteiger partial charge on any atom is 0.264 e. The number of ether oxygens (including phenoxy) is 2. The van der Waals surface area contributed by atoms with Crippen molar-refractivity contribution >= 4 is 27.3 Å². The lowest BCUT2D eigenvalue weighted by atomic mass is 10.1. The highest BCUT2D eigenvalue weighted by atomic mass is 32.2. The van der Waals surface area contributed by atoms with E-state index in [1.165, 1.54) is 37.4 Å². The number of carbonyl (C=O) groups excluding carboxylic acids is 2. The molecule has 178 valence electrons. The average molecular weight is 480 g/mol. The third-order valence-corrected chi connectivity index (χ3v) is 5.82. The van der Waals surface area contributed by atoms with Crippen LogP contribution in [0, 0.1) is 0 Å². The molecule has 11 nitrogen and oxygen atoms in total. The third-order valence-electron chi connectivity index (χ3n) is 4.90. The Morgan fingerprint density at radius 2 is 1.91 bits per heavy atom. The maximum absolute atomic E-state index is 13.4. The van der Waals surface area contributed by atoms with Gasteiger partial charge in [-0.05, 0) is 31.2 Å². The van der Waals surface area contributed by atoms with E-state index in [-0.39, 0.29) is 35.0 Å². The highest BCUT2D eigenvalue weighted by molar-refractivity contribution is 7.90. The number of nitrogens with one attached hydrogen (secondary N) is 1. The zero-order valence-electron chi connectivity index (χ0n) is 18.3. The van der Waals surface area contributed by atoms with Crippen molar-refractivity contribution in [3.8, 4) is 11.6 Å². The second-order valence-corrected chi connectivity index (χ2v) is 9.52. The SMILES string of the molecule is CCOc1nc([C@H](CS(C)(=O)=O)N2C(=O)c3cccc(NC(O)CO)c3C2=O)ccc1OC. The van der Waals surface area contributed by atoms with Crippen LogP contribution < -0.4 is 14.8 Å². The summed E-state index contributed by atoms with van der Waals surface area (Å²) >= 11 is 0. The molecule has 0 bridgehead atoms. The van der Waals surface area contributed by atoms with Gasteiger partial charge >= 0.3 is 0 Å². The zero-order valence-corrected chi connectivity index (χ0v) is 19.1. The minimum atomic E-state index is -3.66. The Kier molecular flexibility index (Phi) is 7.20. The standard InChI is InChI=1S/C21H25N3O8S/c1-4-32-19-16(31-2)9-8-13(23-19)15(11-33(3,29)30)24-20(27)12-6-5-7-14(18(12)21(24)28)22-17(26)10-25/h5-9,15,17,22,25-26H,4,10-11H2,1-3H3/t15-,17?/m0/s1. The van der Waals surface area contributed by atoms with Crippen LogP contribution in [0.4, 0.5) is 5.69 Å². The minimum Gasteiger partial charge on any atom is -0.491 e. The molecule has 0 spiro atoms. The molecule has 0 radical (unpaired) electrons. The van der Waals surface area contributed by atoms with Crippen LogP contribution in [-0.2, 0) is 9.84 Å². The number of amides is 2. The van der Waals surface area contributed by atoms with Gasteiger partial charge in [0.1, 0.15) is 16.1 Å². The Hall–Kier alpha value is -3.22. The summed E-state index contributed by atoms with van der Waals surface area (Å²) in [5, 5.41) is 21.4. The van der Waals surface area contributed by atoms with Gasteiger partial charge in [-0.15, -0.1) is 0 Å². The molecule has 1 aromatic carbocycles. The van der Waals surface area contributed by atoms with Gasteiger partial charge in [0.2, 0.25) is 0 Å². The number of carbonyl (C=O) groups is 2. The predicted molar refractivity (Wildman–Crippen MR) is 118 cm³/mol. The average Bonchev–Trinajstić information content (AvgIpc) is 3.02. The van der Waals surface area contributed by atoms with Crippen LogP contribution in [0.5, 0.6) is 11.6 Å². The van der Waals surface area contributed by atoms with Crippen molar-refractivity contribution in [2.75, 3.05) is 37.6 Å². The molecule has 0 fully saturated rings. The number of aliphatic hydroxyl groups is 2. The van der Waals surface area contributed by atoms with E-state index in [4.69, 9.17) is 14.6 Å². The predicted octanol–water partition coefficient (Wildman–Crippen LogP) is 0.593. The molecule has 1 aromatic heterocycles. The fraction of sp³-hybridized carbons (Fsp3) is 0.381. The molecule has 3 N–H and O–H groups in total. The number of aromatic nitrogens is 1. The number of benzene rings is 1. The van der Waals surface area contributed by atoms with Crippen molar-refractivity contribution in [1.82, 2.24) is 9.88 Å². The van der Waals surface area contributed by atoms with Crippen molar-refractivity contribution < 1.29 is 37.7 Å². The number of hydrogen-bond donors (Lipinski definition) is 3. The van der Waals surface area contributed by atoms with Gasteiger partial charge in [0, 0.05) is 11.9 Å². The summed E-state index contributed by atoms with van der Waals surface area (Å²) in [6.45, 7) is 1.38. The van der Waals surface area contributed by atoms with Gasteiger partial charge in [0.15, 0.2) is 5.75 Å².